The Kier molecular flexibility index (Phi) is 5.79. The Morgan fingerprint density at radius 2 is 2.05 bits per heavy atom. The summed E-state index contributed by atoms with van der Waals surface area (Å²) >= 11 is 1.51. The van der Waals surface area contributed by atoms with E-state index in [1.807, 2.05) is 6.92 Å². The van der Waals surface area contributed by atoms with E-state index in [0.717, 1.165) is 30.8 Å². The Morgan fingerprint density at radius 3 is 2.62 bits per heavy atom. The zero-order valence-corrected chi connectivity index (χ0v) is 14.6. The molecule has 0 spiro atoms. The van der Waals surface area contributed by atoms with Gasteiger partial charge in [-0.25, -0.2) is 8.42 Å². The van der Waals surface area contributed by atoms with Crippen LogP contribution < -0.4 is 5.32 Å². The Labute approximate surface area is 132 Å². The second kappa shape index (κ2) is 7.19. The maximum absolute atomic E-state index is 12.6. The van der Waals surface area contributed by atoms with Crippen molar-refractivity contribution in [3.05, 3.63) is 16.3 Å². The molecule has 0 unspecified atom stereocenters. The monoisotopic (exact) mass is 331 g/mol. The van der Waals surface area contributed by atoms with Gasteiger partial charge in [-0.3, -0.25) is 0 Å². The molecule has 5 nitrogen and oxygen atoms in total. The van der Waals surface area contributed by atoms with E-state index < -0.39 is 10.0 Å². The molecule has 0 aromatic carbocycles. The molecule has 0 amide bonds. The molecule has 0 bridgehead atoms. The van der Waals surface area contributed by atoms with E-state index in [4.69, 9.17) is 0 Å². The van der Waals surface area contributed by atoms with Crippen LogP contribution in [0, 0.1) is 0 Å². The van der Waals surface area contributed by atoms with E-state index in [2.05, 4.69) is 24.3 Å². The van der Waals surface area contributed by atoms with Crippen LogP contribution in [0.3, 0.4) is 0 Å². The molecule has 0 aliphatic carbocycles. The fraction of sp³-hybridized carbons (Fsp3) is 0.714. The first-order chi connectivity index (χ1) is 9.95. The van der Waals surface area contributed by atoms with Gasteiger partial charge in [-0.05, 0) is 39.5 Å². The van der Waals surface area contributed by atoms with Crippen LogP contribution in [0.4, 0.5) is 0 Å². The lowest BCUT2D eigenvalue weighted by Gasteiger charge is -2.34. The van der Waals surface area contributed by atoms with Gasteiger partial charge in [-0.2, -0.15) is 4.31 Å². The van der Waals surface area contributed by atoms with Crippen LogP contribution in [0.15, 0.2) is 16.3 Å². The van der Waals surface area contributed by atoms with Crippen molar-refractivity contribution >= 4 is 21.4 Å². The third kappa shape index (κ3) is 4.04. The highest BCUT2D eigenvalue weighted by Crippen LogP contribution is 2.26. The molecule has 1 N–H and O–H groups in total. The van der Waals surface area contributed by atoms with Gasteiger partial charge in [0, 0.05) is 35.9 Å². The molecule has 1 aliphatic rings. The number of thiophene rings is 1. The maximum Gasteiger partial charge on any atom is 0.243 e. The van der Waals surface area contributed by atoms with Gasteiger partial charge in [0.25, 0.3) is 0 Å². The van der Waals surface area contributed by atoms with Crippen LogP contribution in [-0.2, 0) is 16.6 Å². The first kappa shape index (κ1) is 16.9. The molecule has 1 aromatic rings. The first-order valence-electron chi connectivity index (χ1n) is 7.40. The molecule has 1 fully saturated rings. The molecule has 0 atom stereocenters. The molecule has 1 saturated heterocycles. The Morgan fingerprint density at radius 1 is 1.38 bits per heavy atom. The molecule has 120 valence electrons. The van der Waals surface area contributed by atoms with Gasteiger partial charge >= 0.3 is 0 Å². The predicted octanol–water partition coefficient (Wildman–Crippen LogP) is 1.57. The normalized spacial score (nSPS) is 18.5. The number of nitrogens with zero attached hydrogens (tertiary/aromatic N) is 2. The van der Waals surface area contributed by atoms with E-state index in [0.29, 0.717) is 24.0 Å². The highest BCUT2D eigenvalue weighted by atomic mass is 32.2. The summed E-state index contributed by atoms with van der Waals surface area (Å²) in [4.78, 5) is 3.70. The molecule has 0 saturated carbocycles. The summed E-state index contributed by atoms with van der Waals surface area (Å²) in [5.41, 5.74) is 0. The van der Waals surface area contributed by atoms with Crippen LogP contribution >= 0.6 is 11.3 Å². The lowest BCUT2D eigenvalue weighted by molar-refractivity contribution is 0.196. The summed E-state index contributed by atoms with van der Waals surface area (Å²) in [7, 11) is 0.795. The van der Waals surface area contributed by atoms with Gasteiger partial charge in [0.2, 0.25) is 10.0 Å². The standard InChI is InChI=1S/C14H25N3O2S2/c1-4-15-10-13-9-14(11-20-13)21(18,19)17-7-5-12(6-8-17)16(2)3/h9,11-12,15H,4-8,10H2,1-3H3. The van der Waals surface area contributed by atoms with E-state index in [1.54, 1.807) is 15.8 Å². The lowest BCUT2D eigenvalue weighted by atomic mass is 10.1. The lowest BCUT2D eigenvalue weighted by Crippen LogP contribution is -2.44. The largest absolute Gasteiger partial charge is 0.312 e. The van der Waals surface area contributed by atoms with Crippen LogP contribution in [0.1, 0.15) is 24.6 Å². The first-order valence-corrected chi connectivity index (χ1v) is 9.71. The van der Waals surface area contributed by atoms with E-state index >= 15 is 0 Å². The average molecular weight is 332 g/mol. The van der Waals surface area contributed by atoms with Crippen molar-refractivity contribution in [1.82, 2.24) is 14.5 Å². The number of nitrogens with one attached hydrogen (secondary N) is 1. The molecule has 21 heavy (non-hydrogen) atoms. The third-order valence-electron chi connectivity index (χ3n) is 3.97. The molecule has 2 rings (SSSR count). The second-order valence-electron chi connectivity index (χ2n) is 5.63. The van der Waals surface area contributed by atoms with E-state index in [9.17, 15) is 8.42 Å². The molecule has 1 aromatic heterocycles. The van der Waals surface area contributed by atoms with E-state index in [1.165, 1.54) is 11.3 Å². The Bertz CT molecular complexity index is 546. The van der Waals surface area contributed by atoms with Crippen molar-refractivity contribution in [2.24, 2.45) is 0 Å². The number of piperidine rings is 1. The van der Waals surface area contributed by atoms with Crippen molar-refractivity contribution in [1.29, 1.82) is 0 Å². The van der Waals surface area contributed by atoms with Crippen molar-refractivity contribution in [2.45, 2.75) is 37.2 Å². The van der Waals surface area contributed by atoms with Crippen LogP contribution in [0.5, 0.6) is 0 Å². The number of hydrogen-bond donors (Lipinski definition) is 1. The number of rotatable bonds is 6. The van der Waals surface area contributed by atoms with Crippen LogP contribution in [-0.4, -0.2) is 57.4 Å². The molecule has 1 aliphatic heterocycles. The van der Waals surface area contributed by atoms with Crippen molar-refractivity contribution in [3.8, 4) is 0 Å². The minimum absolute atomic E-state index is 0.448. The second-order valence-corrected chi connectivity index (χ2v) is 8.56. The summed E-state index contributed by atoms with van der Waals surface area (Å²) in [6.45, 7) is 4.89. The van der Waals surface area contributed by atoms with Gasteiger partial charge in [0.05, 0.1) is 4.90 Å². The smallest absolute Gasteiger partial charge is 0.243 e. The summed E-state index contributed by atoms with van der Waals surface area (Å²) in [5, 5.41) is 4.99. The van der Waals surface area contributed by atoms with Crippen LogP contribution in [0.25, 0.3) is 0 Å². The molecular formula is C14H25N3O2S2. The topological polar surface area (TPSA) is 52.7 Å². The van der Waals surface area contributed by atoms with Crippen molar-refractivity contribution in [2.75, 3.05) is 33.7 Å². The van der Waals surface area contributed by atoms with Gasteiger partial charge in [0.15, 0.2) is 0 Å². The Hall–Kier alpha value is -0.470. The summed E-state index contributed by atoms with van der Waals surface area (Å²) in [5.74, 6) is 0. The van der Waals surface area contributed by atoms with Crippen LogP contribution in [0.2, 0.25) is 0 Å². The van der Waals surface area contributed by atoms with Crippen molar-refractivity contribution < 1.29 is 8.42 Å². The summed E-state index contributed by atoms with van der Waals surface area (Å²) in [6, 6.07) is 2.30. The SMILES string of the molecule is CCNCc1cc(S(=O)(=O)N2CCC(N(C)C)CC2)cs1. The molecule has 0 radical (unpaired) electrons. The number of sulfonamides is 1. The summed E-state index contributed by atoms with van der Waals surface area (Å²) < 4.78 is 26.9. The average Bonchev–Trinajstić information content (AvgIpc) is 2.94. The zero-order chi connectivity index (χ0) is 15.5. The predicted molar refractivity (Wildman–Crippen MR) is 87.2 cm³/mol. The highest BCUT2D eigenvalue weighted by Gasteiger charge is 2.30. The van der Waals surface area contributed by atoms with E-state index in [-0.39, 0.29) is 0 Å². The molecular weight excluding hydrogens is 306 g/mol. The van der Waals surface area contributed by atoms with Gasteiger partial charge in [-0.15, -0.1) is 11.3 Å². The quantitative estimate of drug-likeness (QED) is 0.860. The summed E-state index contributed by atoms with van der Waals surface area (Å²) in [6.07, 6.45) is 1.81. The maximum atomic E-state index is 12.6. The van der Waals surface area contributed by atoms with Gasteiger partial charge in [-0.1, -0.05) is 6.92 Å². The van der Waals surface area contributed by atoms with Crippen molar-refractivity contribution in [3.63, 3.8) is 0 Å². The third-order valence-corrected chi connectivity index (χ3v) is 6.93. The minimum atomic E-state index is -3.32. The Balaban J connectivity index is 2.03. The highest BCUT2D eigenvalue weighted by molar-refractivity contribution is 7.89. The fourth-order valence-corrected chi connectivity index (χ4v) is 5.29. The van der Waals surface area contributed by atoms with Gasteiger partial charge < -0.3 is 10.2 Å². The molecule has 7 heteroatoms. The number of hydrogen-bond acceptors (Lipinski definition) is 5. The molecule has 2 heterocycles. The van der Waals surface area contributed by atoms with Gasteiger partial charge in [0.1, 0.15) is 0 Å². The minimum Gasteiger partial charge on any atom is -0.312 e. The fourth-order valence-electron chi connectivity index (χ4n) is 2.58. The zero-order valence-electron chi connectivity index (χ0n) is 13.0.